The second-order valence-corrected chi connectivity index (χ2v) is 7.69. The van der Waals surface area contributed by atoms with E-state index in [0.717, 1.165) is 5.92 Å². The molecule has 146 valence electrons. The Labute approximate surface area is 175 Å². The molecule has 1 fully saturated rings. The number of halogens is 1. The zero-order valence-electron chi connectivity index (χ0n) is 16.4. The van der Waals surface area contributed by atoms with Crippen LogP contribution in [0.25, 0.3) is 0 Å². The molecule has 1 saturated heterocycles. The fourth-order valence-electron chi connectivity index (χ4n) is 4.42. The van der Waals surface area contributed by atoms with Crippen LogP contribution in [0, 0.1) is 0 Å². The average molecular weight is 392 g/mol. The third-order valence-electron chi connectivity index (χ3n) is 6.00. The van der Waals surface area contributed by atoms with E-state index in [2.05, 4.69) is 95.9 Å². The van der Waals surface area contributed by atoms with Crippen molar-refractivity contribution < 1.29 is 0 Å². The maximum atomic E-state index is 2.66. The molecule has 2 heteroatoms. The fraction of sp³-hybridized carbons (Fsp3) is 0.308. The van der Waals surface area contributed by atoms with Gasteiger partial charge in [-0.1, -0.05) is 91.0 Å². The van der Waals surface area contributed by atoms with Gasteiger partial charge < -0.3 is 4.90 Å². The van der Waals surface area contributed by atoms with Gasteiger partial charge in [0.25, 0.3) is 0 Å². The Morgan fingerprint density at radius 3 is 1.64 bits per heavy atom. The fourth-order valence-corrected chi connectivity index (χ4v) is 4.42. The molecule has 1 aliphatic rings. The van der Waals surface area contributed by atoms with Gasteiger partial charge in [-0.05, 0) is 61.5 Å². The van der Waals surface area contributed by atoms with E-state index in [4.69, 9.17) is 0 Å². The monoisotopic (exact) mass is 391 g/mol. The number of hydrogen-bond acceptors (Lipinski definition) is 1. The van der Waals surface area contributed by atoms with Gasteiger partial charge in [0.2, 0.25) is 0 Å². The summed E-state index contributed by atoms with van der Waals surface area (Å²) in [5.74, 6) is 1.22. The van der Waals surface area contributed by atoms with Crippen LogP contribution in [-0.2, 0) is 0 Å². The van der Waals surface area contributed by atoms with Crippen LogP contribution in [0.3, 0.4) is 0 Å². The topological polar surface area (TPSA) is 3.24 Å². The van der Waals surface area contributed by atoms with Gasteiger partial charge in [-0.25, -0.2) is 0 Å². The number of piperidine rings is 1. The molecule has 0 aromatic heterocycles. The lowest BCUT2D eigenvalue weighted by molar-refractivity contribution is 0.207. The van der Waals surface area contributed by atoms with Gasteiger partial charge >= 0.3 is 0 Å². The first-order chi connectivity index (χ1) is 13.4. The molecule has 0 saturated carbocycles. The highest BCUT2D eigenvalue weighted by molar-refractivity contribution is 5.85. The average Bonchev–Trinajstić information content (AvgIpc) is 2.76. The van der Waals surface area contributed by atoms with E-state index in [9.17, 15) is 0 Å². The molecule has 4 rings (SSSR count). The molecular formula is C26H30ClN. The van der Waals surface area contributed by atoms with Crippen molar-refractivity contribution in [2.75, 3.05) is 19.6 Å². The summed E-state index contributed by atoms with van der Waals surface area (Å²) in [6.45, 7) is 3.61. The molecule has 1 nitrogen and oxygen atoms in total. The summed E-state index contributed by atoms with van der Waals surface area (Å²) < 4.78 is 0. The van der Waals surface area contributed by atoms with Crippen molar-refractivity contribution in [3.63, 3.8) is 0 Å². The molecule has 1 heterocycles. The normalized spacial score (nSPS) is 15.3. The van der Waals surface area contributed by atoms with E-state index in [-0.39, 0.29) is 12.4 Å². The Balaban J connectivity index is 0.00000225. The van der Waals surface area contributed by atoms with E-state index >= 15 is 0 Å². The van der Waals surface area contributed by atoms with Crippen LogP contribution < -0.4 is 0 Å². The zero-order valence-corrected chi connectivity index (χ0v) is 17.2. The SMILES string of the molecule is Cl.c1ccc(C2CCN(CCC(c3ccccc3)c3ccccc3)CC2)cc1. The van der Waals surface area contributed by atoms with E-state index in [1.54, 1.807) is 0 Å². The molecule has 0 N–H and O–H groups in total. The van der Waals surface area contributed by atoms with Crippen LogP contribution in [0.4, 0.5) is 0 Å². The number of benzene rings is 3. The van der Waals surface area contributed by atoms with Crippen molar-refractivity contribution in [1.82, 2.24) is 4.90 Å². The summed E-state index contributed by atoms with van der Waals surface area (Å²) >= 11 is 0. The summed E-state index contributed by atoms with van der Waals surface area (Å²) in [4.78, 5) is 2.66. The number of rotatable bonds is 6. The highest BCUT2D eigenvalue weighted by atomic mass is 35.5. The second kappa shape index (κ2) is 10.5. The smallest absolute Gasteiger partial charge is 0.0101 e. The summed E-state index contributed by atoms with van der Waals surface area (Å²) in [7, 11) is 0. The van der Waals surface area contributed by atoms with Crippen LogP contribution in [0.2, 0.25) is 0 Å². The lowest BCUT2D eigenvalue weighted by atomic mass is 9.87. The van der Waals surface area contributed by atoms with Crippen LogP contribution >= 0.6 is 12.4 Å². The highest BCUT2D eigenvalue weighted by Gasteiger charge is 2.22. The summed E-state index contributed by atoms with van der Waals surface area (Å²) in [6.07, 6.45) is 3.75. The standard InChI is InChI=1S/C26H29N.ClH/c1-4-10-22(11-5-1)23-16-19-27(20-17-23)21-18-26(24-12-6-2-7-13-24)25-14-8-3-9-15-25;/h1-15,23,26H,16-21H2;1H. The third kappa shape index (κ3) is 5.25. The molecule has 0 atom stereocenters. The van der Waals surface area contributed by atoms with Gasteiger partial charge in [0.1, 0.15) is 0 Å². The first-order valence-corrected chi connectivity index (χ1v) is 10.3. The molecule has 0 unspecified atom stereocenters. The maximum Gasteiger partial charge on any atom is 0.0101 e. The molecular weight excluding hydrogens is 362 g/mol. The van der Waals surface area contributed by atoms with Crippen LogP contribution in [0.1, 0.15) is 47.8 Å². The Morgan fingerprint density at radius 2 is 1.14 bits per heavy atom. The van der Waals surface area contributed by atoms with Crippen molar-refractivity contribution in [2.45, 2.75) is 31.1 Å². The van der Waals surface area contributed by atoms with E-state index < -0.39 is 0 Å². The van der Waals surface area contributed by atoms with Crippen LogP contribution in [-0.4, -0.2) is 24.5 Å². The lowest BCUT2D eigenvalue weighted by Crippen LogP contribution is -2.34. The predicted octanol–water partition coefficient (Wildman–Crippen LogP) is 6.51. The van der Waals surface area contributed by atoms with Crippen LogP contribution in [0.15, 0.2) is 91.0 Å². The largest absolute Gasteiger partial charge is 0.303 e. The molecule has 0 aliphatic carbocycles. The maximum absolute atomic E-state index is 2.66. The third-order valence-corrected chi connectivity index (χ3v) is 6.00. The quantitative estimate of drug-likeness (QED) is 0.463. The van der Waals surface area contributed by atoms with Gasteiger partial charge in [-0.15, -0.1) is 12.4 Å². The Morgan fingerprint density at radius 1 is 0.679 bits per heavy atom. The molecule has 28 heavy (non-hydrogen) atoms. The van der Waals surface area contributed by atoms with Gasteiger partial charge in [0, 0.05) is 5.92 Å². The molecule has 0 amide bonds. The van der Waals surface area contributed by atoms with Crippen molar-refractivity contribution >= 4 is 12.4 Å². The van der Waals surface area contributed by atoms with Gasteiger partial charge in [-0.3, -0.25) is 0 Å². The summed E-state index contributed by atoms with van der Waals surface area (Å²) in [5, 5.41) is 0. The number of nitrogens with zero attached hydrogens (tertiary/aromatic N) is 1. The van der Waals surface area contributed by atoms with E-state index in [1.807, 2.05) is 0 Å². The molecule has 0 radical (unpaired) electrons. The minimum Gasteiger partial charge on any atom is -0.303 e. The van der Waals surface area contributed by atoms with E-state index in [0.29, 0.717) is 5.92 Å². The highest BCUT2D eigenvalue weighted by Crippen LogP contribution is 2.31. The Bertz CT molecular complexity index is 756. The Kier molecular flexibility index (Phi) is 7.71. The van der Waals surface area contributed by atoms with Gasteiger partial charge in [-0.2, -0.15) is 0 Å². The van der Waals surface area contributed by atoms with Crippen LogP contribution in [0.5, 0.6) is 0 Å². The van der Waals surface area contributed by atoms with Crippen molar-refractivity contribution in [2.24, 2.45) is 0 Å². The zero-order chi connectivity index (χ0) is 18.3. The number of likely N-dealkylation sites (tertiary alicyclic amines) is 1. The molecule has 1 aliphatic heterocycles. The first kappa shape index (κ1) is 20.6. The lowest BCUT2D eigenvalue weighted by Gasteiger charge is -2.33. The Hall–Kier alpha value is -2.09. The van der Waals surface area contributed by atoms with Gasteiger partial charge in [0.05, 0.1) is 0 Å². The first-order valence-electron chi connectivity index (χ1n) is 10.3. The summed E-state index contributed by atoms with van der Waals surface area (Å²) in [6, 6.07) is 33.0. The number of hydrogen-bond donors (Lipinski definition) is 0. The minimum atomic E-state index is 0. The van der Waals surface area contributed by atoms with Crippen molar-refractivity contribution in [1.29, 1.82) is 0 Å². The summed E-state index contributed by atoms with van der Waals surface area (Å²) in [5.41, 5.74) is 4.38. The molecule has 3 aromatic rings. The van der Waals surface area contributed by atoms with E-state index in [1.165, 1.54) is 55.6 Å². The van der Waals surface area contributed by atoms with Crippen molar-refractivity contribution in [3.8, 4) is 0 Å². The minimum absolute atomic E-state index is 0. The molecule has 0 spiro atoms. The predicted molar refractivity (Wildman–Crippen MR) is 121 cm³/mol. The molecule has 0 bridgehead atoms. The van der Waals surface area contributed by atoms with Crippen molar-refractivity contribution in [3.05, 3.63) is 108 Å². The van der Waals surface area contributed by atoms with Gasteiger partial charge in [0.15, 0.2) is 0 Å². The molecule has 3 aromatic carbocycles. The second-order valence-electron chi connectivity index (χ2n) is 7.69.